The summed E-state index contributed by atoms with van der Waals surface area (Å²) >= 11 is 0. The molecule has 0 fully saturated rings. The number of aryl methyl sites for hydroxylation is 2. The predicted molar refractivity (Wildman–Crippen MR) is 112 cm³/mol. The Morgan fingerprint density at radius 2 is 2.14 bits per heavy atom. The molecule has 3 rings (SSSR count). The summed E-state index contributed by atoms with van der Waals surface area (Å²) in [5.41, 5.74) is 3.27. The van der Waals surface area contributed by atoms with Crippen LogP contribution in [0.2, 0.25) is 0 Å². The molecule has 1 aliphatic rings. The standard InChI is InChI=1S/C22H30N6O/c1-4-11-27-16(2)13-18(17(27)3)14-19(15-23)22(29)24-10-9-21-26-25-20-8-6-5-7-12-28(20)21/h13-14H,4-12H2,1-3H3,(H,24,29)/b19-14+. The van der Waals surface area contributed by atoms with Crippen molar-refractivity contribution in [1.82, 2.24) is 24.6 Å². The van der Waals surface area contributed by atoms with Crippen LogP contribution in [0.4, 0.5) is 0 Å². The molecule has 0 atom stereocenters. The van der Waals surface area contributed by atoms with E-state index in [0.717, 1.165) is 67.4 Å². The first-order valence-corrected chi connectivity index (χ1v) is 10.5. The number of rotatable bonds is 7. The van der Waals surface area contributed by atoms with E-state index in [1.807, 2.05) is 26.0 Å². The fraction of sp³-hybridized carbons (Fsp3) is 0.545. The van der Waals surface area contributed by atoms with Crippen LogP contribution in [0.5, 0.6) is 0 Å². The van der Waals surface area contributed by atoms with Crippen LogP contribution in [0.15, 0.2) is 11.6 Å². The molecule has 1 amide bonds. The Kier molecular flexibility index (Phi) is 6.86. The van der Waals surface area contributed by atoms with Gasteiger partial charge in [0.2, 0.25) is 0 Å². The van der Waals surface area contributed by atoms with Gasteiger partial charge in [0.15, 0.2) is 0 Å². The van der Waals surface area contributed by atoms with Gasteiger partial charge in [0.1, 0.15) is 23.3 Å². The molecule has 1 N–H and O–H groups in total. The lowest BCUT2D eigenvalue weighted by atomic mass is 10.1. The summed E-state index contributed by atoms with van der Waals surface area (Å²) in [4.78, 5) is 12.5. The maximum atomic E-state index is 12.5. The number of nitrogens with one attached hydrogen (secondary N) is 1. The summed E-state index contributed by atoms with van der Waals surface area (Å²) in [6.07, 6.45) is 7.82. The number of carbonyl (C=O) groups excluding carboxylic acids is 1. The Morgan fingerprint density at radius 3 is 2.90 bits per heavy atom. The first-order chi connectivity index (χ1) is 14.0. The number of nitriles is 1. The van der Waals surface area contributed by atoms with E-state index in [1.165, 1.54) is 6.42 Å². The quantitative estimate of drug-likeness (QED) is 0.577. The monoisotopic (exact) mass is 394 g/mol. The lowest BCUT2D eigenvalue weighted by Crippen LogP contribution is -2.27. The van der Waals surface area contributed by atoms with Gasteiger partial charge in [-0.1, -0.05) is 13.3 Å². The Balaban J connectivity index is 1.64. The highest BCUT2D eigenvalue weighted by Gasteiger charge is 2.16. The summed E-state index contributed by atoms with van der Waals surface area (Å²) in [6, 6.07) is 4.08. The molecule has 2 aromatic rings. The SMILES string of the molecule is CCCn1c(C)cc(/C=C(\C#N)C(=O)NCCc2nnc3n2CCCCC3)c1C. The third-order valence-corrected chi connectivity index (χ3v) is 5.55. The van der Waals surface area contributed by atoms with E-state index >= 15 is 0 Å². The fourth-order valence-electron chi connectivity index (χ4n) is 3.96. The third-order valence-electron chi connectivity index (χ3n) is 5.55. The normalized spacial score (nSPS) is 14.2. The molecule has 7 nitrogen and oxygen atoms in total. The van der Waals surface area contributed by atoms with Crippen LogP contribution in [0.25, 0.3) is 6.08 Å². The zero-order chi connectivity index (χ0) is 20.8. The Labute approximate surface area is 172 Å². The molecular weight excluding hydrogens is 364 g/mol. The van der Waals surface area contributed by atoms with E-state index in [2.05, 4.69) is 31.6 Å². The van der Waals surface area contributed by atoms with Crippen LogP contribution in [0, 0.1) is 25.2 Å². The Bertz CT molecular complexity index is 943. The molecule has 0 bridgehead atoms. The van der Waals surface area contributed by atoms with Crippen LogP contribution < -0.4 is 5.32 Å². The first kappa shape index (κ1) is 20.8. The van der Waals surface area contributed by atoms with Gasteiger partial charge < -0.3 is 14.5 Å². The second kappa shape index (κ2) is 9.55. The van der Waals surface area contributed by atoms with Gasteiger partial charge in [-0.05, 0) is 50.8 Å². The summed E-state index contributed by atoms with van der Waals surface area (Å²) in [5.74, 6) is 1.61. The highest BCUT2D eigenvalue weighted by molar-refractivity contribution is 6.01. The molecule has 0 saturated heterocycles. The molecular formula is C22H30N6O. The lowest BCUT2D eigenvalue weighted by Gasteiger charge is -2.08. The van der Waals surface area contributed by atoms with E-state index in [1.54, 1.807) is 6.08 Å². The lowest BCUT2D eigenvalue weighted by molar-refractivity contribution is -0.117. The molecule has 0 aliphatic carbocycles. The largest absolute Gasteiger partial charge is 0.351 e. The van der Waals surface area contributed by atoms with E-state index < -0.39 is 0 Å². The number of amides is 1. The van der Waals surface area contributed by atoms with Crippen molar-refractivity contribution in [2.45, 2.75) is 72.4 Å². The van der Waals surface area contributed by atoms with E-state index in [9.17, 15) is 10.1 Å². The number of hydrogen-bond donors (Lipinski definition) is 1. The minimum absolute atomic E-state index is 0.127. The van der Waals surface area contributed by atoms with Crippen molar-refractivity contribution in [3.05, 3.63) is 40.2 Å². The number of hydrogen-bond acceptors (Lipinski definition) is 4. The molecule has 154 valence electrons. The highest BCUT2D eigenvalue weighted by atomic mass is 16.1. The number of nitrogens with zero attached hydrogens (tertiary/aromatic N) is 5. The molecule has 1 aliphatic heterocycles. The summed E-state index contributed by atoms with van der Waals surface area (Å²) < 4.78 is 4.40. The van der Waals surface area contributed by atoms with Crippen LogP contribution in [-0.2, 0) is 30.7 Å². The maximum absolute atomic E-state index is 12.5. The minimum Gasteiger partial charge on any atom is -0.351 e. The van der Waals surface area contributed by atoms with Gasteiger partial charge in [-0.3, -0.25) is 4.79 Å². The van der Waals surface area contributed by atoms with Crippen molar-refractivity contribution < 1.29 is 4.79 Å². The zero-order valence-corrected chi connectivity index (χ0v) is 17.7. The number of fused-ring (bicyclic) bond motifs is 1. The second-order valence-electron chi connectivity index (χ2n) is 7.65. The molecule has 0 spiro atoms. The van der Waals surface area contributed by atoms with Crippen molar-refractivity contribution >= 4 is 12.0 Å². The van der Waals surface area contributed by atoms with E-state index in [0.29, 0.717) is 13.0 Å². The highest BCUT2D eigenvalue weighted by Crippen LogP contribution is 2.19. The Morgan fingerprint density at radius 1 is 1.31 bits per heavy atom. The minimum atomic E-state index is -0.344. The topological polar surface area (TPSA) is 88.5 Å². The summed E-state index contributed by atoms with van der Waals surface area (Å²) in [5, 5.41) is 20.9. The van der Waals surface area contributed by atoms with Crippen molar-refractivity contribution in [3.63, 3.8) is 0 Å². The fourth-order valence-corrected chi connectivity index (χ4v) is 3.96. The van der Waals surface area contributed by atoms with Gasteiger partial charge in [0.25, 0.3) is 5.91 Å². The van der Waals surface area contributed by atoms with Crippen LogP contribution in [0.3, 0.4) is 0 Å². The molecule has 7 heteroatoms. The van der Waals surface area contributed by atoms with Gasteiger partial charge >= 0.3 is 0 Å². The van der Waals surface area contributed by atoms with Gasteiger partial charge in [-0.2, -0.15) is 5.26 Å². The second-order valence-corrected chi connectivity index (χ2v) is 7.65. The average molecular weight is 395 g/mol. The van der Waals surface area contributed by atoms with Gasteiger partial charge in [-0.25, -0.2) is 0 Å². The van der Waals surface area contributed by atoms with Gasteiger partial charge in [0.05, 0.1) is 0 Å². The summed E-state index contributed by atoms with van der Waals surface area (Å²) in [7, 11) is 0. The molecule has 3 heterocycles. The molecule has 0 radical (unpaired) electrons. The van der Waals surface area contributed by atoms with Crippen LogP contribution >= 0.6 is 0 Å². The van der Waals surface area contributed by atoms with E-state index in [-0.39, 0.29) is 11.5 Å². The van der Waals surface area contributed by atoms with Gasteiger partial charge in [0, 0.05) is 43.9 Å². The molecule has 2 aromatic heterocycles. The number of carbonyl (C=O) groups is 1. The third kappa shape index (κ3) is 4.76. The average Bonchev–Trinajstić information content (AvgIpc) is 3.10. The van der Waals surface area contributed by atoms with Crippen LogP contribution in [-0.4, -0.2) is 31.8 Å². The van der Waals surface area contributed by atoms with Crippen LogP contribution in [0.1, 0.15) is 61.2 Å². The van der Waals surface area contributed by atoms with Crippen molar-refractivity contribution in [3.8, 4) is 6.07 Å². The zero-order valence-electron chi connectivity index (χ0n) is 17.7. The maximum Gasteiger partial charge on any atom is 0.261 e. The molecule has 0 unspecified atom stereocenters. The molecule has 0 aromatic carbocycles. The Hall–Kier alpha value is -2.88. The number of aromatic nitrogens is 4. The van der Waals surface area contributed by atoms with Gasteiger partial charge in [-0.15, -0.1) is 10.2 Å². The first-order valence-electron chi connectivity index (χ1n) is 10.5. The van der Waals surface area contributed by atoms with Crippen molar-refractivity contribution in [2.75, 3.05) is 6.54 Å². The molecule has 29 heavy (non-hydrogen) atoms. The van der Waals surface area contributed by atoms with E-state index in [4.69, 9.17) is 0 Å². The summed E-state index contributed by atoms with van der Waals surface area (Å²) in [6.45, 7) is 8.53. The molecule has 0 saturated carbocycles. The predicted octanol–water partition coefficient (Wildman–Crippen LogP) is 3.10. The smallest absolute Gasteiger partial charge is 0.261 e. The van der Waals surface area contributed by atoms with Crippen molar-refractivity contribution in [1.29, 1.82) is 5.26 Å². The van der Waals surface area contributed by atoms with Crippen molar-refractivity contribution in [2.24, 2.45) is 0 Å².